The van der Waals surface area contributed by atoms with Gasteiger partial charge in [0.25, 0.3) is 12.3 Å². The average Bonchev–Trinajstić information content (AvgIpc) is 3.79. The number of benzene rings is 1. The van der Waals surface area contributed by atoms with E-state index in [1.165, 1.54) is 33.8 Å². The van der Waals surface area contributed by atoms with Gasteiger partial charge in [-0.1, -0.05) is 13.0 Å². The Morgan fingerprint density at radius 1 is 0.886 bits per heavy atom. The summed E-state index contributed by atoms with van der Waals surface area (Å²) in [6.45, 7) is 5.42. The minimum Gasteiger partial charge on any atom is -0.691 e. The number of aliphatic hydroxyl groups excluding tert-OH is 6. The topological polar surface area (TPSA) is 431 Å². The number of hydrogen-bond acceptors (Lipinski definition) is 21. The van der Waals surface area contributed by atoms with Crippen LogP contribution in [0.25, 0.3) is 0 Å². The molecule has 0 aliphatic carbocycles. The summed E-state index contributed by atoms with van der Waals surface area (Å²) in [5.41, 5.74) is 4.32. The van der Waals surface area contributed by atoms with E-state index in [2.05, 4.69) is 36.0 Å². The molecule has 3 heterocycles. The van der Waals surface area contributed by atoms with E-state index >= 15 is 0 Å². The van der Waals surface area contributed by atoms with Crippen molar-refractivity contribution in [2.75, 3.05) is 19.6 Å². The molecule has 386 valence electrons. The summed E-state index contributed by atoms with van der Waals surface area (Å²) in [7, 11) is 0. The third-order valence-corrected chi connectivity index (χ3v) is 11.5. The molecule has 3 aliphatic rings. The summed E-state index contributed by atoms with van der Waals surface area (Å²) in [5.74, 6) is -10.2. The number of nitrogens with one attached hydrogen (secondary N) is 5. The standard InChI is InChI=1S/C40H60N8O20S.Na/c1-16-14-48-31(32(16)56)36(60)42-13-19(50)10-21(43-39(63)65-40(3,4)5)33(57)44-28(17(2)49)37(61)47-15-20(51)11-22(47)34(58)45-29(35(59)46-30(38(48)62)25(54)12-27(41)55)24(53)8-18-6-7-23(52)26(9-18)66-69-68-67-64;/h6-7,9,16-17,19-22,24-25,28-32,49-54,56,64H,8,10-15H2,1-5H3,(H2,41,55)(H,42,60)(H,43,63)(H,44,57)(H,45,58)(H,46,59);/q;+1/p-1/t16-,17+,19+,20+,21?,22-,24+,25+,28-,29-,30-,31-,32-;/m0./s1. The molecule has 28 nitrogen and oxygen atoms in total. The van der Waals surface area contributed by atoms with Gasteiger partial charge in [-0.2, -0.15) is 0 Å². The molecular formula is C40H59N8NaO20S. The van der Waals surface area contributed by atoms with Crippen LogP contribution in [-0.4, -0.2) is 191 Å². The van der Waals surface area contributed by atoms with Crippen molar-refractivity contribution in [2.45, 2.75) is 139 Å². The minimum absolute atomic E-state index is 0. The monoisotopic (exact) mass is 1030 g/mol. The van der Waals surface area contributed by atoms with Gasteiger partial charge in [-0.05, 0) is 45.4 Å². The molecule has 1 unspecified atom stereocenters. The first-order valence-corrected chi connectivity index (χ1v) is 22.2. The Bertz CT molecular complexity index is 2050. The Morgan fingerprint density at radius 2 is 1.51 bits per heavy atom. The Labute approximate surface area is 426 Å². The van der Waals surface area contributed by atoms with Gasteiger partial charge in [0.2, 0.25) is 41.4 Å². The number of aliphatic hydroxyl groups is 6. The molecule has 3 fully saturated rings. The molecule has 1 aromatic rings. The predicted molar refractivity (Wildman–Crippen MR) is 229 cm³/mol. The Morgan fingerprint density at radius 3 is 2.13 bits per heavy atom. The SMILES string of the molecule is C[C@@H](O)[C@@H]1NC(=O)C(NC(=O)OC(C)(C)C)C[C@@H](O)CNC(=O)[C@@H]2[C@@H](O)[C@@H](C)CN2C(=O)[C@H]([C@H](O)CC(N)=O)NC(=O)[C@H]([C@H](O)Cc2ccc(O)c(OSOO[O-])c2)NC(=O)[C@@H]2C[C@@H](O)CN2C1=O.[Na+]. The predicted octanol–water partition coefficient (Wildman–Crippen LogP) is -9.52. The Hall–Kier alpha value is -4.63. The summed E-state index contributed by atoms with van der Waals surface area (Å²) in [6.07, 6.45) is -14.6. The summed E-state index contributed by atoms with van der Waals surface area (Å²) < 4.78 is 14.3. The number of hydrogen-bond donors (Lipinski definition) is 13. The summed E-state index contributed by atoms with van der Waals surface area (Å²) >= 11 is -0.00498. The van der Waals surface area contributed by atoms with Crippen molar-refractivity contribution < 1.29 is 127 Å². The van der Waals surface area contributed by atoms with Crippen molar-refractivity contribution in [1.82, 2.24) is 36.4 Å². The largest absolute Gasteiger partial charge is 1.00 e. The fourth-order valence-corrected chi connectivity index (χ4v) is 8.12. The molecule has 1 aromatic carbocycles. The van der Waals surface area contributed by atoms with Crippen LogP contribution in [0.3, 0.4) is 0 Å². The zero-order chi connectivity index (χ0) is 51.7. The number of phenolic OH excluding ortho intramolecular Hbond substituents is 1. The van der Waals surface area contributed by atoms with E-state index in [9.17, 15) is 79.4 Å². The maximum atomic E-state index is 14.5. The molecule has 0 spiro atoms. The molecular weight excluding hydrogens is 968 g/mol. The number of β-amino-alcohol motifs (C(OH)–C–C–N with tert-alkyl or cyclic N) is 1. The molecule has 3 aliphatic heterocycles. The first kappa shape index (κ1) is 59.7. The van der Waals surface area contributed by atoms with Crippen molar-refractivity contribution in [3.63, 3.8) is 0 Å². The number of primary amides is 1. The van der Waals surface area contributed by atoms with Gasteiger partial charge in [0.1, 0.15) is 41.9 Å². The van der Waals surface area contributed by atoms with Crippen molar-refractivity contribution >= 4 is 59.8 Å². The number of nitrogens with two attached hydrogens (primary N) is 1. The first-order chi connectivity index (χ1) is 32.2. The number of nitrogens with zero attached hydrogens (tertiary/aromatic N) is 2. The second-order valence-electron chi connectivity index (χ2n) is 17.9. The quantitative estimate of drug-likeness (QED) is 0.0304. The number of amides is 8. The Balaban J connectivity index is 0.0000130. The van der Waals surface area contributed by atoms with Crippen molar-refractivity contribution in [3.8, 4) is 11.5 Å². The van der Waals surface area contributed by atoms with Crippen LogP contribution >= 0.6 is 12.3 Å². The maximum Gasteiger partial charge on any atom is 1.00 e. The first-order valence-electron chi connectivity index (χ1n) is 21.5. The zero-order valence-electron chi connectivity index (χ0n) is 39.0. The summed E-state index contributed by atoms with van der Waals surface area (Å²) in [6, 6.07) is -8.12. The van der Waals surface area contributed by atoms with Crippen LogP contribution in [-0.2, 0) is 54.1 Å². The van der Waals surface area contributed by atoms with E-state index in [1.54, 1.807) is 0 Å². The number of fused-ring (bicyclic) bond motifs is 2. The molecule has 8 amide bonds. The number of phenols is 1. The van der Waals surface area contributed by atoms with E-state index in [1.807, 2.05) is 0 Å². The maximum absolute atomic E-state index is 14.5. The molecule has 4 rings (SSSR count). The van der Waals surface area contributed by atoms with Crippen LogP contribution in [0.5, 0.6) is 11.5 Å². The third-order valence-electron chi connectivity index (χ3n) is 11.2. The van der Waals surface area contributed by atoms with Crippen LogP contribution in [0, 0.1) is 5.92 Å². The van der Waals surface area contributed by atoms with Crippen molar-refractivity contribution in [2.24, 2.45) is 11.7 Å². The van der Waals surface area contributed by atoms with E-state index in [-0.39, 0.29) is 53.2 Å². The van der Waals surface area contributed by atoms with Crippen LogP contribution < -0.4 is 71.3 Å². The van der Waals surface area contributed by atoms with E-state index < -0.39 is 183 Å². The number of carbonyl (C=O) groups is 8. The molecule has 0 bridgehead atoms. The molecule has 30 heteroatoms. The van der Waals surface area contributed by atoms with Gasteiger partial charge in [-0.3, -0.25) is 38.6 Å². The number of carbonyl (C=O) groups excluding carboxylic acids is 8. The number of rotatable bonds is 12. The summed E-state index contributed by atoms with van der Waals surface area (Å²) in [5, 5.41) is 102. The van der Waals surface area contributed by atoms with Gasteiger partial charge in [-0.25, -0.2) is 4.79 Å². The van der Waals surface area contributed by atoms with Gasteiger partial charge in [-0.15, -0.1) is 4.33 Å². The molecule has 0 aromatic heterocycles. The van der Waals surface area contributed by atoms with Crippen LogP contribution in [0.1, 0.15) is 59.4 Å². The van der Waals surface area contributed by atoms with Crippen LogP contribution in [0.4, 0.5) is 4.79 Å². The van der Waals surface area contributed by atoms with E-state index in [4.69, 9.17) is 14.7 Å². The van der Waals surface area contributed by atoms with Gasteiger partial charge >= 0.3 is 35.7 Å². The second-order valence-corrected chi connectivity index (χ2v) is 18.4. The number of aromatic hydroxyl groups is 1. The fourth-order valence-electron chi connectivity index (χ4n) is 7.87. The Kier molecular flexibility index (Phi) is 22.3. The van der Waals surface area contributed by atoms with Gasteiger partial charge in [0.15, 0.2) is 11.5 Å². The average molecular weight is 1030 g/mol. The van der Waals surface area contributed by atoms with Crippen LogP contribution in [0.2, 0.25) is 0 Å². The summed E-state index contributed by atoms with van der Waals surface area (Å²) in [4.78, 5) is 112. The normalized spacial score (nSPS) is 28.8. The third kappa shape index (κ3) is 16.2. The molecule has 70 heavy (non-hydrogen) atoms. The minimum atomic E-state index is -2.20. The molecule has 0 radical (unpaired) electrons. The smallest absolute Gasteiger partial charge is 0.691 e. The van der Waals surface area contributed by atoms with Gasteiger partial charge in [0.05, 0.1) is 43.0 Å². The van der Waals surface area contributed by atoms with Crippen molar-refractivity contribution in [1.29, 1.82) is 0 Å². The van der Waals surface area contributed by atoms with Crippen LogP contribution in [0.15, 0.2) is 18.2 Å². The molecule has 3 saturated heterocycles. The van der Waals surface area contributed by atoms with Crippen molar-refractivity contribution in [3.05, 3.63) is 23.8 Å². The fraction of sp³-hybridized carbons (Fsp3) is 0.650. The second kappa shape index (κ2) is 26.2. The van der Waals surface area contributed by atoms with Gasteiger partial charge < -0.3 is 92.0 Å². The number of alkyl carbamates (subject to hydrolysis) is 1. The zero-order valence-corrected chi connectivity index (χ0v) is 41.8. The number of ether oxygens (including phenoxy) is 1. The van der Waals surface area contributed by atoms with E-state index in [0.29, 0.717) is 0 Å². The van der Waals surface area contributed by atoms with E-state index in [0.717, 1.165) is 28.9 Å². The molecule has 14 N–H and O–H groups in total. The molecule has 13 atom stereocenters. The molecule has 0 saturated carbocycles. The van der Waals surface area contributed by atoms with Gasteiger partial charge in [0, 0.05) is 44.8 Å².